The molecular formula is C20H12Cl2O. The molecule has 3 aromatic carbocycles. The van der Waals surface area contributed by atoms with Crippen molar-refractivity contribution in [1.82, 2.24) is 0 Å². The Hall–Kier alpha value is -1.80. The Labute approximate surface area is 144 Å². The van der Waals surface area contributed by atoms with Gasteiger partial charge in [0.1, 0.15) is 5.60 Å². The van der Waals surface area contributed by atoms with E-state index in [1.807, 2.05) is 60.7 Å². The van der Waals surface area contributed by atoms with Gasteiger partial charge in [0, 0.05) is 10.0 Å². The molecule has 2 aliphatic carbocycles. The molecule has 5 rings (SSSR count). The molecule has 23 heavy (non-hydrogen) atoms. The molecule has 0 amide bonds. The predicted octanol–water partition coefficient (Wildman–Crippen LogP) is 4.89. The Morgan fingerprint density at radius 3 is 2.00 bits per heavy atom. The van der Waals surface area contributed by atoms with Crippen molar-refractivity contribution in [3.05, 3.63) is 105 Å². The smallest absolute Gasteiger partial charge is 0.133 e. The van der Waals surface area contributed by atoms with E-state index in [1.165, 1.54) is 0 Å². The van der Waals surface area contributed by atoms with Crippen molar-refractivity contribution in [3.63, 3.8) is 0 Å². The van der Waals surface area contributed by atoms with Crippen molar-refractivity contribution >= 4 is 23.2 Å². The van der Waals surface area contributed by atoms with Crippen molar-refractivity contribution in [2.45, 2.75) is 11.0 Å². The van der Waals surface area contributed by atoms with Gasteiger partial charge in [0.05, 0.1) is 5.41 Å². The standard InChI is InChI=1S/C20H12Cl2O/c21-13-7-5-12(6-8-13)19-15-3-1-2-4-17(15)20(19,23)18-11-14(22)9-10-16(18)19/h1-11,23H/t19-,20-/m0/s1. The molecule has 2 aliphatic rings. The Kier molecular flexibility index (Phi) is 2.48. The molecular weight excluding hydrogens is 327 g/mol. The fourth-order valence-corrected chi connectivity index (χ4v) is 4.75. The Bertz CT molecular complexity index is 964. The third-order valence-corrected chi connectivity index (χ3v) is 5.80. The lowest BCUT2D eigenvalue weighted by atomic mass is 9.38. The molecule has 0 saturated carbocycles. The molecule has 0 bridgehead atoms. The van der Waals surface area contributed by atoms with E-state index in [-0.39, 0.29) is 0 Å². The van der Waals surface area contributed by atoms with Crippen LogP contribution >= 0.6 is 23.2 Å². The lowest BCUT2D eigenvalue weighted by Crippen LogP contribution is -2.68. The van der Waals surface area contributed by atoms with Crippen LogP contribution in [0.25, 0.3) is 0 Å². The van der Waals surface area contributed by atoms with Gasteiger partial charge < -0.3 is 5.11 Å². The number of aliphatic hydroxyl groups is 1. The summed E-state index contributed by atoms with van der Waals surface area (Å²) in [5.74, 6) is 0. The van der Waals surface area contributed by atoms with E-state index in [0.717, 1.165) is 27.8 Å². The van der Waals surface area contributed by atoms with Crippen molar-refractivity contribution in [2.24, 2.45) is 0 Å². The number of hydrogen-bond acceptors (Lipinski definition) is 1. The van der Waals surface area contributed by atoms with Gasteiger partial charge in [-0.25, -0.2) is 0 Å². The van der Waals surface area contributed by atoms with E-state index in [0.29, 0.717) is 10.0 Å². The van der Waals surface area contributed by atoms with Crippen LogP contribution in [0.4, 0.5) is 0 Å². The highest BCUT2D eigenvalue weighted by Crippen LogP contribution is 2.72. The Balaban J connectivity index is 1.87. The van der Waals surface area contributed by atoms with Crippen LogP contribution in [0, 0.1) is 0 Å². The third kappa shape index (κ3) is 1.32. The maximum atomic E-state index is 11.6. The number of halogens is 2. The first kappa shape index (κ1) is 13.6. The van der Waals surface area contributed by atoms with Crippen LogP contribution in [0.1, 0.15) is 27.8 Å². The first-order valence-corrected chi connectivity index (χ1v) is 8.24. The molecule has 0 radical (unpaired) electrons. The second-order valence-corrected chi connectivity index (χ2v) is 7.08. The molecule has 0 saturated heterocycles. The minimum Gasteiger partial charge on any atom is -0.379 e. The number of fused-ring (bicyclic) bond motifs is 7. The molecule has 0 aliphatic heterocycles. The fourth-order valence-electron chi connectivity index (χ4n) is 4.45. The zero-order valence-corrected chi connectivity index (χ0v) is 13.6. The van der Waals surface area contributed by atoms with Gasteiger partial charge in [0.2, 0.25) is 0 Å². The van der Waals surface area contributed by atoms with Gasteiger partial charge >= 0.3 is 0 Å². The molecule has 0 unspecified atom stereocenters. The lowest BCUT2D eigenvalue weighted by molar-refractivity contribution is -0.0343. The fraction of sp³-hybridized carbons (Fsp3) is 0.100. The maximum absolute atomic E-state index is 11.6. The first-order valence-electron chi connectivity index (χ1n) is 7.49. The molecule has 2 atom stereocenters. The maximum Gasteiger partial charge on any atom is 0.133 e. The summed E-state index contributed by atoms with van der Waals surface area (Å²) in [6.07, 6.45) is 0. The molecule has 3 heteroatoms. The van der Waals surface area contributed by atoms with E-state index in [1.54, 1.807) is 0 Å². The van der Waals surface area contributed by atoms with Gasteiger partial charge in [-0.3, -0.25) is 0 Å². The van der Waals surface area contributed by atoms with Gasteiger partial charge in [-0.05, 0) is 52.1 Å². The molecule has 0 aromatic heterocycles. The van der Waals surface area contributed by atoms with Crippen molar-refractivity contribution < 1.29 is 5.11 Å². The van der Waals surface area contributed by atoms with E-state index in [4.69, 9.17) is 23.2 Å². The minimum atomic E-state index is -1.02. The predicted molar refractivity (Wildman–Crippen MR) is 92.2 cm³/mol. The van der Waals surface area contributed by atoms with Crippen LogP contribution in [0.3, 0.4) is 0 Å². The molecule has 112 valence electrons. The highest BCUT2D eigenvalue weighted by Gasteiger charge is 2.73. The molecule has 0 heterocycles. The summed E-state index contributed by atoms with van der Waals surface area (Å²) in [4.78, 5) is 0. The van der Waals surface area contributed by atoms with Crippen LogP contribution in [0.5, 0.6) is 0 Å². The summed E-state index contributed by atoms with van der Waals surface area (Å²) in [6.45, 7) is 0. The highest BCUT2D eigenvalue weighted by atomic mass is 35.5. The molecule has 0 fully saturated rings. The second-order valence-electron chi connectivity index (χ2n) is 6.20. The van der Waals surface area contributed by atoms with Gasteiger partial charge in [-0.1, -0.05) is 65.7 Å². The average Bonchev–Trinajstić information content (AvgIpc) is 2.57. The number of hydrogen-bond donors (Lipinski definition) is 1. The van der Waals surface area contributed by atoms with Crippen molar-refractivity contribution in [2.75, 3.05) is 0 Å². The summed E-state index contributed by atoms with van der Waals surface area (Å²) < 4.78 is 0. The molecule has 1 N–H and O–H groups in total. The van der Waals surface area contributed by atoms with Crippen molar-refractivity contribution in [3.8, 4) is 0 Å². The normalized spacial score (nSPS) is 26.4. The largest absolute Gasteiger partial charge is 0.379 e. The van der Waals surface area contributed by atoms with Crippen LogP contribution in [-0.2, 0) is 11.0 Å². The van der Waals surface area contributed by atoms with Crippen LogP contribution in [0.15, 0.2) is 66.7 Å². The minimum absolute atomic E-state index is 0.520. The number of benzene rings is 3. The second kappa shape index (κ2) is 4.18. The first-order chi connectivity index (χ1) is 11.1. The summed E-state index contributed by atoms with van der Waals surface area (Å²) in [5, 5.41) is 12.9. The van der Waals surface area contributed by atoms with Gasteiger partial charge in [0.15, 0.2) is 0 Å². The summed E-state index contributed by atoms with van der Waals surface area (Å²) >= 11 is 12.2. The lowest BCUT2D eigenvalue weighted by Gasteiger charge is -2.66. The zero-order chi connectivity index (χ0) is 15.8. The molecule has 3 aromatic rings. The number of rotatable bonds is 1. The highest BCUT2D eigenvalue weighted by molar-refractivity contribution is 6.31. The van der Waals surface area contributed by atoms with Crippen molar-refractivity contribution in [1.29, 1.82) is 0 Å². The van der Waals surface area contributed by atoms with Gasteiger partial charge in [-0.2, -0.15) is 0 Å². The van der Waals surface area contributed by atoms with E-state index in [2.05, 4.69) is 6.07 Å². The van der Waals surface area contributed by atoms with E-state index in [9.17, 15) is 5.11 Å². The average molecular weight is 339 g/mol. The topological polar surface area (TPSA) is 20.2 Å². The summed E-state index contributed by atoms with van der Waals surface area (Å²) in [6, 6.07) is 21.6. The summed E-state index contributed by atoms with van der Waals surface area (Å²) in [7, 11) is 0. The van der Waals surface area contributed by atoms with E-state index >= 15 is 0 Å². The van der Waals surface area contributed by atoms with Crippen LogP contribution in [-0.4, -0.2) is 5.11 Å². The zero-order valence-electron chi connectivity index (χ0n) is 12.1. The molecule has 1 nitrogen and oxygen atoms in total. The summed E-state index contributed by atoms with van der Waals surface area (Å²) in [5.41, 5.74) is 3.65. The Morgan fingerprint density at radius 2 is 1.26 bits per heavy atom. The van der Waals surface area contributed by atoms with E-state index < -0.39 is 11.0 Å². The Morgan fingerprint density at radius 1 is 0.652 bits per heavy atom. The van der Waals surface area contributed by atoms with Crippen LogP contribution in [0.2, 0.25) is 10.0 Å². The van der Waals surface area contributed by atoms with Gasteiger partial charge in [0.25, 0.3) is 0 Å². The monoisotopic (exact) mass is 338 g/mol. The molecule has 0 spiro atoms. The van der Waals surface area contributed by atoms with Gasteiger partial charge in [-0.15, -0.1) is 0 Å². The quantitative estimate of drug-likeness (QED) is 0.669. The van der Waals surface area contributed by atoms with Crippen LogP contribution < -0.4 is 0 Å². The SMILES string of the molecule is O[C@]12c3ccccc3[C@@]1(c1ccc(Cl)cc1)c1ccc(Cl)cc12. The third-order valence-electron chi connectivity index (χ3n) is 5.32.